The third-order valence-electron chi connectivity index (χ3n) is 3.28. The molecule has 0 heterocycles. The minimum Gasteiger partial charge on any atom is -0.484 e. The fourth-order valence-corrected chi connectivity index (χ4v) is 2.49. The second-order valence-electron chi connectivity index (χ2n) is 5.23. The third kappa shape index (κ3) is 5.49. The van der Waals surface area contributed by atoms with Gasteiger partial charge in [-0.1, -0.05) is 24.3 Å². The van der Waals surface area contributed by atoms with E-state index < -0.39 is 0 Å². The Labute approximate surface area is 159 Å². The first-order chi connectivity index (χ1) is 12.2. The van der Waals surface area contributed by atoms with Crippen LogP contribution in [0.3, 0.4) is 0 Å². The molecule has 0 aliphatic heterocycles. The number of nitrogens with one attached hydrogen (secondary N) is 1. The van der Waals surface area contributed by atoms with Gasteiger partial charge in [-0.05, 0) is 71.1 Å². The summed E-state index contributed by atoms with van der Waals surface area (Å²) in [4.78, 5) is 12.0. The zero-order valence-corrected chi connectivity index (χ0v) is 15.5. The van der Waals surface area contributed by atoms with Gasteiger partial charge in [0.2, 0.25) is 0 Å². The number of halogens is 1. The SMILES string of the molecule is O=C(COc1cccc(Oc2ccccc2)c1)Nc1ccc(I)cc1. The summed E-state index contributed by atoms with van der Waals surface area (Å²) in [7, 11) is 0. The van der Waals surface area contributed by atoms with Crippen molar-refractivity contribution in [2.24, 2.45) is 0 Å². The van der Waals surface area contributed by atoms with E-state index in [0.717, 1.165) is 15.0 Å². The van der Waals surface area contributed by atoms with Crippen molar-refractivity contribution >= 4 is 34.2 Å². The standard InChI is InChI=1S/C20H16INO3/c21-15-9-11-16(12-10-15)22-20(23)14-24-18-7-4-8-19(13-18)25-17-5-2-1-3-6-17/h1-13H,14H2,(H,22,23). The normalized spacial score (nSPS) is 10.1. The maximum atomic E-state index is 12.0. The highest BCUT2D eigenvalue weighted by Gasteiger charge is 2.05. The average molecular weight is 445 g/mol. The van der Waals surface area contributed by atoms with E-state index >= 15 is 0 Å². The maximum Gasteiger partial charge on any atom is 0.262 e. The van der Waals surface area contributed by atoms with Gasteiger partial charge in [-0.25, -0.2) is 0 Å². The summed E-state index contributed by atoms with van der Waals surface area (Å²) in [6.45, 7) is -0.0687. The van der Waals surface area contributed by atoms with E-state index in [1.54, 1.807) is 12.1 Å². The average Bonchev–Trinajstić information content (AvgIpc) is 2.63. The van der Waals surface area contributed by atoms with Gasteiger partial charge in [0.05, 0.1) is 0 Å². The molecule has 0 fully saturated rings. The van der Waals surface area contributed by atoms with Crippen LogP contribution in [0.4, 0.5) is 5.69 Å². The van der Waals surface area contributed by atoms with Gasteiger partial charge in [0.15, 0.2) is 6.61 Å². The van der Waals surface area contributed by atoms with Crippen LogP contribution in [0.1, 0.15) is 0 Å². The number of anilines is 1. The molecule has 0 unspecified atom stereocenters. The highest BCUT2D eigenvalue weighted by Crippen LogP contribution is 2.25. The predicted molar refractivity (Wildman–Crippen MR) is 106 cm³/mol. The van der Waals surface area contributed by atoms with Gasteiger partial charge in [-0.3, -0.25) is 4.79 Å². The zero-order valence-electron chi connectivity index (χ0n) is 13.3. The number of carbonyl (C=O) groups excluding carboxylic acids is 1. The predicted octanol–water partition coefficient (Wildman–Crippen LogP) is 5.10. The van der Waals surface area contributed by atoms with Gasteiger partial charge >= 0.3 is 0 Å². The summed E-state index contributed by atoms with van der Waals surface area (Å²) in [5.74, 6) is 1.76. The first-order valence-corrected chi connectivity index (χ1v) is 8.78. The summed E-state index contributed by atoms with van der Waals surface area (Å²) in [6, 6.07) is 24.3. The van der Waals surface area contributed by atoms with Crippen LogP contribution in [0.15, 0.2) is 78.9 Å². The minimum atomic E-state index is -0.212. The van der Waals surface area contributed by atoms with Crippen LogP contribution in [0.5, 0.6) is 17.2 Å². The summed E-state index contributed by atoms with van der Waals surface area (Å²) in [5, 5.41) is 2.80. The molecular weight excluding hydrogens is 429 g/mol. The van der Waals surface area contributed by atoms with Gasteiger partial charge < -0.3 is 14.8 Å². The molecule has 3 aromatic rings. The smallest absolute Gasteiger partial charge is 0.262 e. The largest absolute Gasteiger partial charge is 0.484 e. The van der Waals surface area contributed by atoms with Gasteiger partial charge in [0, 0.05) is 15.3 Å². The van der Waals surface area contributed by atoms with Crippen molar-refractivity contribution in [1.29, 1.82) is 0 Å². The Balaban J connectivity index is 1.55. The van der Waals surface area contributed by atoms with Crippen molar-refractivity contribution < 1.29 is 14.3 Å². The lowest BCUT2D eigenvalue weighted by molar-refractivity contribution is -0.118. The van der Waals surface area contributed by atoms with Gasteiger partial charge in [-0.2, -0.15) is 0 Å². The van der Waals surface area contributed by atoms with E-state index in [9.17, 15) is 4.79 Å². The Hall–Kier alpha value is -2.54. The minimum absolute atomic E-state index is 0.0687. The summed E-state index contributed by atoms with van der Waals surface area (Å²) >= 11 is 2.22. The number of rotatable bonds is 6. The van der Waals surface area contributed by atoms with Crippen LogP contribution in [-0.4, -0.2) is 12.5 Å². The topological polar surface area (TPSA) is 47.6 Å². The van der Waals surface area contributed by atoms with Gasteiger partial charge in [-0.15, -0.1) is 0 Å². The molecule has 25 heavy (non-hydrogen) atoms. The molecule has 0 radical (unpaired) electrons. The number of carbonyl (C=O) groups is 1. The molecule has 0 aliphatic carbocycles. The van der Waals surface area contributed by atoms with E-state index in [2.05, 4.69) is 27.9 Å². The van der Waals surface area contributed by atoms with E-state index in [1.807, 2.05) is 66.7 Å². The fraction of sp³-hybridized carbons (Fsp3) is 0.0500. The molecule has 0 saturated carbocycles. The number of para-hydroxylation sites is 1. The molecule has 126 valence electrons. The van der Waals surface area contributed by atoms with E-state index in [0.29, 0.717) is 11.5 Å². The van der Waals surface area contributed by atoms with Crippen LogP contribution >= 0.6 is 22.6 Å². The maximum absolute atomic E-state index is 12.0. The lowest BCUT2D eigenvalue weighted by Gasteiger charge is -2.10. The van der Waals surface area contributed by atoms with Gasteiger partial charge in [0.25, 0.3) is 5.91 Å². The fourth-order valence-electron chi connectivity index (χ4n) is 2.13. The molecule has 1 amide bonds. The molecule has 3 aromatic carbocycles. The summed E-state index contributed by atoms with van der Waals surface area (Å²) < 4.78 is 12.4. The monoisotopic (exact) mass is 445 g/mol. The lowest BCUT2D eigenvalue weighted by atomic mass is 10.3. The third-order valence-corrected chi connectivity index (χ3v) is 4.00. The molecule has 0 aliphatic rings. The van der Waals surface area contributed by atoms with Crippen molar-refractivity contribution in [1.82, 2.24) is 0 Å². The Kier molecular flexibility index (Phi) is 5.90. The Bertz CT molecular complexity index is 835. The molecule has 5 heteroatoms. The molecule has 0 saturated heterocycles. The van der Waals surface area contributed by atoms with Crippen LogP contribution in [0.25, 0.3) is 0 Å². The Morgan fingerprint density at radius 1 is 0.840 bits per heavy atom. The van der Waals surface area contributed by atoms with Crippen LogP contribution in [0, 0.1) is 3.57 Å². The molecule has 3 rings (SSSR count). The highest BCUT2D eigenvalue weighted by atomic mass is 127. The van der Waals surface area contributed by atoms with Crippen molar-refractivity contribution in [3.8, 4) is 17.2 Å². The summed E-state index contributed by atoms with van der Waals surface area (Å²) in [6.07, 6.45) is 0. The quantitative estimate of drug-likeness (QED) is 0.538. The van der Waals surface area contributed by atoms with Crippen LogP contribution < -0.4 is 14.8 Å². The van der Waals surface area contributed by atoms with E-state index in [4.69, 9.17) is 9.47 Å². The number of hydrogen-bond acceptors (Lipinski definition) is 3. The highest BCUT2D eigenvalue weighted by molar-refractivity contribution is 14.1. The Morgan fingerprint density at radius 2 is 1.52 bits per heavy atom. The molecule has 0 bridgehead atoms. The number of hydrogen-bond donors (Lipinski definition) is 1. The first-order valence-electron chi connectivity index (χ1n) is 7.70. The second-order valence-corrected chi connectivity index (χ2v) is 6.48. The number of ether oxygens (including phenoxy) is 2. The molecule has 0 atom stereocenters. The zero-order chi connectivity index (χ0) is 17.5. The molecule has 0 aromatic heterocycles. The van der Waals surface area contributed by atoms with Crippen LogP contribution in [0.2, 0.25) is 0 Å². The van der Waals surface area contributed by atoms with E-state index in [-0.39, 0.29) is 12.5 Å². The lowest BCUT2D eigenvalue weighted by Crippen LogP contribution is -2.20. The number of benzene rings is 3. The van der Waals surface area contributed by atoms with Crippen molar-refractivity contribution in [3.05, 3.63) is 82.4 Å². The number of amides is 1. The van der Waals surface area contributed by atoms with Crippen LogP contribution in [-0.2, 0) is 4.79 Å². The molecular formula is C20H16INO3. The van der Waals surface area contributed by atoms with E-state index in [1.165, 1.54) is 0 Å². The van der Waals surface area contributed by atoms with Crippen molar-refractivity contribution in [2.75, 3.05) is 11.9 Å². The Morgan fingerprint density at radius 3 is 2.28 bits per heavy atom. The first kappa shape index (κ1) is 17.3. The van der Waals surface area contributed by atoms with Crippen molar-refractivity contribution in [3.63, 3.8) is 0 Å². The molecule has 1 N–H and O–H groups in total. The molecule has 4 nitrogen and oxygen atoms in total. The van der Waals surface area contributed by atoms with Crippen molar-refractivity contribution in [2.45, 2.75) is 0 Å². The van der Waals surface area contributed by atoms with Gasteiger partial charge in [0.1, 0.15) is 17.2 Å². The summed E-state index contributed by atoms with van der Waals surface area (Å²) in [5.41, 5.74) is 0.746. The second kappa shape index (κ2) is 8.53. The molecule has 0 spiro atoms.